The van der Waals surface area contributed by atoms with Gasteiger partial charge in [-0.05, 0) is 42.3 Å². The minimum atomic E-state index is -2.94. The molecule has 4 aliphatic rings. The van der Waals surface area contributed by atoms with E-state index in [0.29, 0.717) is 23.7 Å². The first kappa shape index (κ1) is 22.4. The first-order valence-corrected chi connectivity index (χ1v) is 14.2. The Labute approximate surface area is 213 Å². The van der Waals surface area contributed by atoms with Crippen molar-refractivity contribution in [3.63, 3.8) is 0 Å². The summed E-state index contributed by atoms with van der Waals surface area (Å²) in [6.07, 6.45) is 1.29. The Bertz CT molecular complexity index is 1480. The van der Waals surface area contributed by atoms with Crippen LogP contribution in [0.4, 0.5) is 16.2 Å². The molecule has 0 atom stereocenters. The normalized spacial score (nSPS) is 22.3. The number of pyridine rings is 1. The van der Waals surface area contributed by atoms with E-state index in [4.69, 9.17) is 11.6 Å². The van der Waals surface area contributed by atoms with Crippen molar-refractivity contribution in [1.82, 2.24) is 24.6 Å². The number of hydrogen-bond donors (Lipinski definition) is 0. The zero-order valence-electron chi connectivity index (χ0n) is 19.7. The van der Waals surface area contributed by atoms with Crippen LogP contribution in [-0.4, -0.2) is 76.8 Å². The van der Waals surface area contributed by atoms with Crippen LogP contribution in [0.1, 0.15) is 17.0 Å². The Morgan fingerprint density at radius 1 is 1.06 bits per heavy atom. The Balaban J connectivity index is 1.13. The summed E-state index contributed by atoms with van der Waals surface area (Å²) in [5.74, 6) is 2.50. The molecule has 0 bridgehead atoms. The molecule has 1 spiro atoms. The van der Waals surface area contributed by atoms with Crippen molar-refractivity contribution < 1.29 is 12.8 Å². The van der Waals surface area contributed by atoms with Crippen LogP contribution in [0.15, 0.2) is 30.5 Å². The quantitative estimate of drug-likeness (QED) is 0.510. The maximum atomic E-state index is 13.6. The number of fused-ring (bicyclic) bond motifs is 3. The van der Waals surface area contributed by atoms with Crippen molar-refractivity contribution in [3.05, 3.63) is 58.3 Å². The van der Waals surface area contributed by atoms with Gasteiger partial charge < -0.3 is 9.80 Å². The molecule has 3 aromatic rings. The fourth-order valence-electron chi connectivity index (χ4n) is 5.95. The van der Waals surface area contributed by atoms with E-state index in [2.05, 4.69) is 34.4 Å². The molecule has 188 valence electrons. The van der Waals surface area contributed by atoms with Crippen molar-refractivity contribution >= 4 is 33.2 Å². The third-order valence-electron chi connectivity index (χ3n) is 7.87. The molecule has 0 saturated carbocycles. The highest BCUT2D eigenvalue weighted by Gasteiger charge is 2.53. The van der Waals surface area contributed by atoms with E-state index >= 15 is 0 Å². The van der Waals surface area contributed by atoms with Gasteiger partial charge in [-0.3, -0.25) is 9.47 Å². The number of aryl methyl sites for hydroxylation is 1. The minimum Gasteiger partial charge on any atom is -0.355 e. The fourth-order valence-corrected chi connectivity index (χ4v) is 7.64. The molecule has 4 aliphatic heterocycles. The van der Waals surface area contributed by atoms with Crippen molar-refractivity contribution in [1.29, 1.82) is 0 Å². The van der Waals surface area contributed by atoms with E-state index in [1.165, 1.54) is 6.20 Å². The Kier molecular flexibility index (Phi) is 4.75. The van der Waals surface area contributed by atoms with Crippen LogP contribution in [-0.2, 0) is 22.9 Å². The van der Waals surface area contributed by atoms with Gasteiger partial charge in [-0.15, -0.1) is 10.2 Å². The summed E-state index contributed by atoms with van der Waals surface area (Å²) in [7, 11) is -2.94. The average Bonchev–Trinajstić information content (AvgIpc) is 3.07. The van der Waals surface area contributed by atoms with Crippen LogP contribution < -0.4 is 9.80 Å². The summed E-state index contributed by atoms with van der Waals surface area (Å²) < 4.78 is 39.4. The van der Waals surface area contributed by atoms with Gasteiger partial charge in [-0.2, -0.15) is 0 Å². The molecule has 0 aliphatic carbocycles. The molecule has 0 unspecified atom stereocenters. The highest BCUT2D eigenvalue weighted by atomic mass is 35.5. The predicted molar refractivity (Wildman–Crippen MR) is 134 cm³/mol. The summed E-state index contributed by atoms with van der Waals surface area (Å²) in [5, 5.41) is 9.74. The summed E-state index contributed by atoms with van der Waals surface area (Å²) >= 11 is 6.34. The molecule has 9 nitrogen and oxygen atoms in total. The van der Waals surface area contributed by atoms with E-state index in [0.717, 1.165) is 55.0 Å². The third kappa shape index (κ3) is 3.51. The molecule has 0 amide bonds. The standard InChI is InChI=1S/C24H25ClFN7O2S/c1-15-4-21(27-6-19(15)26)31-11-24(12-31)13-32(14-24)23-29-28-22-8-30(18-9-36(34,35)10-18)7-16-5-17(25)2-3-20(16)33(22)23/h2-6,18H,7-14H2,1H3. The van der Waals surface area contributed by atoms with Crippen LogP contribution >= 0.6 is 11.6 Å². The maximum Gasteiger partial charge on any atom is 0.231 e. The molecule has 0 radical (unpaired) electrons. The maximum absolute atomic E-state index is 13.6. The van der Waals surface area contributed by atoms with E-state index in [9.17, 15) is 12.8 Å². The fraction of sp³-hybridized carbons (Fsp3) is 0.458. The van der Waals surface area contributed by atoms with Gasteiger partial charge in [0.25, 0.3) is 0 Å². The third-order valence-corrected chi connectivity index (χ3v) is 9.89. The molecule has 1 aromatic carbocycles. The first-order chi connectivity index (χ1) is 17.2. The molecule has 6 heterocycles. The zero-order valence-corrected chi connectivity index (χ0v) is 21.3. The number of anilines is 2. The van der Waals surface area contributed by atoms with Crippen LogP contribution in [0.25, 0.3) is 5.69 Å². The second kappa shape index (κ2) is 7.62. The number of aromatic nitrogens is 4. The second-order valence-electron chi connectivity index (χ2n) is 10.7. The summed E-state index contributed by atoms with van der Waals surface area (Å²) in [4.78, 5) is 10.9. The van der Waals surface area contributed by atoms with E-state index in [-0.39, 0.29) is 28.8 Å². The van der Waals surface area contributed by atoms with E-state index < -0.39 is 9.84 Å². The van der Waals surface area contributed by atoms with Crippen molar-refractivity contribution in [2.45, 2.75) is 26.1 Å². The largest absolute Gasteiger partial charge is 0.355 e. The number of benzene rings is 1. The minimum absolute atomic E-state index is 0.0227. The molecule has 2 aromatic heterocycles. The van der Waals surface area contributed by atoms with Gasteiger partial charge in [-0.25, -0.2) is 17.8 Å². The Hall–Kier alpha value is -2.76. The van der Waals surface area contributed by atoms with Gasteiger partial charge in [0.15, 0.2) is 15.7 Å². The lowest BCUT2D eigenvalue weighted by Crippen LogP contribution is -2.73. The highest BCUT2D eigenvalue weighted by Crippen LogP contribution is 2.44. The monoisotopic (exact) mass is 529 g/mol. The van der Waals surface area contributed by atoms with Gasteiger partial charge in [0, 0.05) is 49.2 Å². The van der Waals surface area contributed by atoms with Gasteiger partial charge in [0.2, 0.25) is 5.95 Å². The molecule has 0 N–H and O–H groups in total. The molecular formula is C24H25ClFN7O2S. The molecule has 3 saturated heterocycles. The highest BCUT2D eigenvalue weighted by molar-refractivity contribution is 7.92. The van der Waals surface area contributed by atoms with Crippen LogP contribution in [0.3, 0.4) is 0 Å². The molecule has 7 rings (SSSR count). The number of halogens is 2. The smallest absolute Gasteiger partial charge is 0.231 e. The lowest BCUT2D eigenvalue weighted by molar-refractivity contribution is 0.153. The first-order valence-electron chi connectivity index (χ1n) is 12.0. The number of rotatable bonds is 3. The van der Waals surface area contributed by atoms with E-state index in [1.807, 2.05) is 18.2 Å². The Morgan fingerprint density at radius 2 is 1.81 bits per heavy atom. The summed E-state index contributed by atoms with van der Waals surface area (Å²) in [6, 6.07) is 7.60. The summed E-state index contributed by atoms with van der Waals surface area (Å²) in [6.45, 7) is 6.36. The van der Waals surface area contributed by atoms with E-state index in [1.54, 1.807) is 13.0 Å². The SMILES string of the molecule is Cc1cc(N2CC3(C2)CN(c2nnc4n2-c2ccc(Cl)cc2CN(C2CS(=O)(=O)C2)C4)C3)ncc1F. The average molecular weight is 530 g/mol. The van der Waals surface area contributed by atoms with Crippen molar-refractivity contribution in [3.8, 4) is 5.69 Å². The number of hydrogen-bond acceptors (Lipinski definition) is 8. The van der Waals surface area contributed by atoms with Crippen LogP contribution in [0.5, 0.6) is 0 Å². The van der Waals surface area contributed by atoms with Gasteiger partial charge >= 0.3 is 0 Å². The van der Waals surface area contributed by atoms with Gasteiger partial charge in [-0.1, -0.05) is 11.6 Å². The number of sulfone groups is 1. The molecule has 3 fully saturated rings. The van der Waals surface area contributed by atoms with Crippen molar-refractivity contribution in [2.24, 2.45) is 5.41 Å². The van der Waals surface area contributed by atoms with Crippen LogP contribution in [0, 0.1) is 18.2 Å². The topological polar surface area (TPSA) is 87.5 Å². The molecule has 12 heteroatoms. The van der Waals surface area contributed by atoms with Crippen LogP contribution in [0.2, 0.25) is 5.02 Å². The Morgan fingerprint density at radius 3 is 2.53 bits per heavy atom. The van der Waals surface area contributed by atoms with Crippen molar-refractivity contribution in [2.75, 3.05) is 47.5 Å². The predicted octanol–water partition coefficient (Wildman–Crippen LogP) is 2.20. The molecule has 36 heavy (non-hydrogen) atoms. The number of nitrogens with zero attached hydrogens (tertiary/aromatic N) is 7. The van der Waals surface area contributed by atoms with Gasteiger partial charge in [0.1, 0.15) is 11.6 Å². The van der Waals surface area contributed by atoms with Gasteiger partial charge in [0.05, 0.1) is 29.9 Å². The zero-order chi connectivity index (χ0) is 24.8. The lowest BCUT2D eigenvalue weighted by Gasteiger charge is -2.60. The summed E-state index contributed by atoms with van der Waals surface area (Å²) in [5.41, 5.74) is 2.79. The molecular weight excluding hydrogens is 505 g/mol. The lowest BCUT2D eigenvalue weighted by atomic mass is 9.73. The second-order valence-corrected chi connectivity index (χ2v) is 13.3.